The Morgan fingerprint density at radius 3 is 2.30 bits per heavy atom. The van der Waals surface area contributed by atoms with Crippen molar-refractivity contribution in [2.45, 2.75) is 5.51 Å². The molecule has 0 atom stereocenters. The van der Waals surface area contributed by atoms with E-state index >= 15 is 0 Å². The van der Waals surface area contributed by atoms with Crippen LogP contribution in [0.5, 0.6) is 0 Å². The Labute approximate surface area is 161 Å². The van der Waals surface area contributed by atoms with Gasteiger partial charge in [0.2, 0.25) is 11.0 Å². The third kappa shape index (κ3) is 3.73. The highest BCUT2D eigenvalue weighted by Gasteiger charge is 2.44. The number of para-hydroxylation sites is 1. The Morgan fingerprint density at radius 1 is 1.04 bits per heavy atom. The van der Waals surface area contributed by atoms with Gasteiger partial charge < -0.3 is 0 Å². The van der Waals surface area contributed by atoms with E-state index in [0.717, 1.165) is 10.5 Å². The average Bonchev–Trinajstić information content (AvgIpc) is 2.92. The molecule has 0 saturated carbocycles. The fourth-order valence-corrected chi connectivity index (χ4v) is 4.25. The van der Waals surface area contributed by atoms with Crippen LogP contribution in [0.2, 0.25) is 5.02 Å². The largest absolute Gasteiger partial charge is 0.522 e. The van der Waals surface area contributed by atoms with Gasteiger partial charge >= 0.3 is 15.6 Å². The van der Waals surface area contributed by atoms with Crippen LogP contribution in [0, 0.1) is 0 Å². The second-order valence-corrected chi connectivity index (χ2v) is 8.52. The van der Waals surface area contributed by atoms with Gasteiger partial charge in [0.15, 0.2) is 0 Å². The fourth-order valence-electron chi connectivity index (χ4n) is 2.75. The number of benzene rings is 2. The third-order valence-electron chi connectivity index (χ3n) is 3.86. The molecule has 2 aromatic carbocycles. The van der Waals surface area contributed by atoms with Gasteiger partial charge in [0, 0.05) is 10.1 Å². The smallest absolute Gasteiger partial charge is 0.279 e. The Morgan fingerprint density at radius 2 is 1.67 bits per heavy atom. The monoisotopic (exact) mass is 434 g/mol. The van der Waals surface area contributed by atoms with Crippen molar-refractivity contribution >= 4 is 64.3 Å². The van der Waals surface area contributed by atoms with Crippen molar-refractivity contribution in [2.24, 2.45) is 7.05 Å². The number of hydrogen-bond donors (Lipinski definition) is 1. The van der Waals surface area contributed by atoms with Crippen molar-refractivity contribution in [2.75, 3.05) is 0 Å². The zero-order valence-corrected chi connectivity index (χ0v) is 16.0. The zero-order chi connectivity index (χ0) is 20.0. The van der Waals surface area contributed by atoms with Crippen LogP contribution in [0.25, 0.3) is 31.2 Å². The summed E-state index contributed by atoms with van der Waals surface area (Å²) in [6.45, 7) is 0. The van der Waals surface area contributed by atoms with Crippen molar-refractivity contribution < 1.29 is 30.7 Å². The number of pyridine rings is 1. The van der Waals surface area contributed by atoms with Crippen molar-refractivity contribution in [3.8, 4) is 0 Å². The average molecular weight is 435 g/mol. The first kappa shape index (κ1) is 19.8. The highest BCUT2D eigenvalue weighted by atomic mass is 35.5. The molecule has 142 valence electrons. The number of rotatable bonds is 0. The number of alkyl halides is 3. The SMILES string of the molecule is C[n+]1c2c(Cl)cccc2cc2sc3ccccc3c21.O=S(=O)(O)C(F)(F)F. The molecule has 0 radical (unpaired) electrons. The van der Waals surface area contributed by atoms with Gasteiger partial charge in [-0.3, -0.25) is 4.55 Å². The van der Waals surface area contributed by atoms with E-state index in [1.807, 2.05) is 23.5 Å². The quantitative estimate of drug-likeness (QED) is 0.238. The molecular formula is C17H12ClF3NO3S2+. The van der Waals surface area contributed by atoms with Gasteiger partial charge in [-0.05, 0) is 30.3 Å². The van der Waals surface area contributed by atoms with E-state index in [1.165, 1.54) is 25.7 Å². The topological polar surface area (TPSA) is 58.2 Å². The molecule has 10 heteroatoms. The summed E-state index contributed by atoms with van der Waals surface area (Å²) in [5, 5.41) is 3.29. The van der Waals surface area contributed by atoms with Crippen molar-refractivity contribution in [3.63, 3.8) is 0 Å². The van der Waals surface area contributed by atoms with Gasteiger partial charge in [-0.25, -0.2) is 0 Å². The highest BCUT2D eigenvalue weighted by molar-refractivity contribution is 7.86. The lowest BCUT2D eigenvalue weighted by molar-refractivity contribution is -0.616. The van der Waals surface area contributed by atoms with E-state index in [0.29, 0.717) is 0 Å². The molecule has 2 heterocycles. The molecule has 0 aliphatic carbocycles. The summed E-state index contributed by atoms with van der Waals surface area (Å²) in [4.78, 5) is 0. The molecule has 0 amide bonds. The molecule has 0 unspecified atom stereocenters. The second-order valence-electron chi connectivity index (χ2n) is 5.61. The molecule has 2 aromatic heterocycles. The maximum absolute atomic E-state index is 10.7. The molecule has 4 nitrogen and oxygen atoms in total. The van der Waals surface area contributed by atoms with Gasteiger partial charge in [-0.2, -0.15) is 26.2 Å². The molecule has 4 rings (SSSR count). The first-order chi connectivity index (χ1) is 12.5. The molecule has 0 fully saturated rings. The molecule has 0 aliphatic heterocycles. The summed E-state index contributed by atoms with van der Waals surface area (Å²) in [6, 6.07) is 16.8. The van der Waals surface area contributed by atoms with Gasteiger partial charge in [0.1, 0.15) is 16.8 Å². The number of aromatic nitrogens is 1. The summed E-state index contributed by atoms with van der Waals surface area (Å²) in [7, 11) is -3.75. The maximum atomic E-state index is 10.7. The van der Waals surface area contributed by atoms with E-state index in [2.05, 4.69) is 48.0 Å². The Bertz CT molecular complexity index is 1270. The standard InChI is InChI=1S/C16H11ClNS.CHF3O3S/c1-18-15-10(5-4-7-12(15)17)9-14-16(18)11-6-2-3-8-13(11)19-14;2-1(3,4)8(5,6)7/h2-9H,1H3;(H,5,6,7)/q+1;. The van der Waals surface area contributed by atoms with Crippen molar-refractivity contribution in [3.05, 3.63) is 53.6 Å². The number of nitrogens with zero attached hydrogens (tertiary/aromatic N) is 1. The molecule has 0 bridgehead atoms. The van der Waals surface area contributed by atoms with Crippen LogP contribution >= 0.6 is 22.9 Å². The summed E-state index contributed by atoms with van der Waals surface area (Å²) < 4.78 is 62.4. The first-order valence-electron chi connectivity index (χ1n) is 7.43. The van der Waals surface area contributed by atoms with Gasteiger partial charge in [-0.1, -0.05) is 29.8 Å². The Hall–Kier alpha value is -1.94. The Balaban J connectivity index is 0.000000226. The maximum Gasteiger partial charge on any atom is 0.522 e. The Kier molecular flexibility index (Phi) is 5.06. The summed E-state index contributed by atoms with van der Waals surface area (Å²) in [5.74, 6) is 0. The van der Waals surface area contributed by atoms with Crippen LogP contribution < -0.4 is 4.57 Å². The van der Waals surface area contributed by atoms with Crippen LogP contribution in [0.1, 0.15) is 0 Å². The molecule has 0 aliphatic rings. The number of aryl methyl sites for hydroxylation is 1. The minimum Gasteiger partial charge on any atom is -0.279 e. The summed E-state index contributed by atoms with van der Waals surface area (Å²) in [6.07, 6.45) is 0. The summed E-state index contributed by atoms with van der Waals surface area (Å²) >= 11 is 8.20. The normalized spacial score (nSPS) is 12.4. The van der Waals surface area contributed by atoms with Crippen molar-refractivity contribution in [1.82, 2.24) is 0 Å². The number of halogens is 4. The van der Waals surface area contributed by atoms with Crippen LogP contribution in [-0.2, 0) is 17.2 Å². The highest BCUT2D eigenvalue weighted by Crippen LogP contribution is 2.34. The second kappa shape index (κ2) is 6.90. The van der Waals surface area contributed by atoms with E-state index in [-0.39, 0.29) is 0 Å². The lowest BCUT2D eigenvalue weighted by atomic mass is 10.1. The number of hydrogen-bond acceptors (Lipinski definition) is 3. The third-order valence-corrected chi connectivity index (χ3v) is 5.86. The molecule has 1 N–H and O–H groups in total. The molecule has 27 heavy (non-hydrogen) atoms. The first-order valence-corrected chi connectivity index (χ1v) is 10.1. The zero-order valence-electron chi connectivity index (χ0n) is 13.7. The van der Waals surface area contributed by atoms with Gasteiger partial charge in [-0.15, -0.1) is 11.3 Å². The molecule has 0 spiro atoms. The lowest BCUT2D eigenvalue weighted by Gasteiger charge is -2.00. The van der Waals surface area contributed by atoms with Crippen LogP contribution in [0.4, 0.5) is 13.2 Å². The van der Waals surface area contributed by atoms with Crippen LogP contribution in [-0.4, -0.2) is 18.5 Å². The minimum atomic E-state index is -5.84. The van der Waals surface area contributed by atoms with E-state index < -0.39 is 15.6 Å². The molecule has 0 saturated heterocycles. The van der Waals surface area contributed by atoms with Crippen LogP contribution in [0.3, 0.4) is 0 Å². The fraction of sp³-hybridized carbons (Fsp3) is 0.118. The van der Waals surface area contributed by atoms with E-state index in [1.54, 1.807) is 0 Å². The predicted molar refractivity (Wildman–Crippen MR) is 101 cm³/mol. The number of thiophene rings is 1. The predicted octanol–water partition coefficient (Wildman–Crippen LogP) is 5.08. The van der Waals surface area contributed by atoms with Gasteiger partial charge in [0.25, 0.3) is 0 Å². The van der Waals surface area contributed by atoms with E-state index in [4.69, 9.17) is 24.6 Å². The molecule has 4 aromatic rings. The summed E-state index contributed by atoms with van der Waals surface area (Å²) in [5.41, 5.74) is -3.17. The van der Waals surface area contributed by atoms with Crippen LogP contribution in [0.15, 0.2) is 48.5 Å². The van der Waals surface area contributed by atoms with Gasteiger partial charge in [0.05, 0.1) is 5.39 Å². The van der Waals surface area contributed by atoms with E-state index in [9.17, 15) is 13.2 Å². The lowest BCUT2D eigenvalue weighted by Crippen LogP contribution is -2.29. The minimum absolute atomic E-state index is 0.803. The molecular weight excluding hydrogens is 423 g/mol. The number of fused-ring (bicyclic) bond motifs is 4. The van der Waals surface area contributed by atoms with Crippen molar-refractivity contribution in [1.29, 1.82) is 0 Å².